The molecule has 0 saturated carbocycles. The van der Waals surface area contributed by atoms with Crippen molar-refractivity contribution in [2.24, 2.45) is 0 Å². The summed E-state index contributed by atoms with van der Waals surface area (Å²) in [7, 11) is 0. The minimum absolute atomic E-state index is 0.149. The molecule has 1 heterocycles. The normalized spacial score (nSPS) is 10.9. The molecule has 0 fully saturated rings. The maximum absolute atomic E-state index is 13.3. The molecule has 4 rings (SSSR count). The van der Waals surface area contributed by atoms with E-state index in [0.717, 1.165) is 21.9 Å². The topological polar surface area (TPSA) is 54.9 Å². The Balaban J connectivity index is 1.48. The predicted molar refractivity (Wildman–Crippen MR) is 124 cm³/mol. The summed E-state index contributed by atoms with van der Waals surface area (Å²) in [6.45, 7) is 0.311. The van der Waals surface area contributed by atoms with Gasteiger partial charge in [0.25, 0.3) is 0 Å². The summed E-state index contributed by atoms with van der Waals surface area (Å²) in [5, 5.41) is 15.0. The Morgan fingerprint density at radius 1 is 0.968 bits per heavy atom. The Kier molecular flexibility index (Phi) is 6.70. The molecule has 0 aliphatic rings. The highest BCUT2D eigenvalue weighted by atomic mass is 35.5. The zero-order chi connectivity index (χ0) is 21.8. The Morgan fingerprint density at radius 3 is 2.45 bits per heavy atom. The second-order valence-corrected chi connectivity index (χ2v) is 8.52. The van der Waals surface area contributed by atoms with E-state index in [1.165, 1.54) is 23.9 Å². The molecule has 0 aliphatic carbocycles. The van der Waals surface area contributed by atoms with Crippen molar-refractivity contribution in [3.8, 4) is 11.3 Å². The van der Waals surface area contributed by atoms with E-state index in [2.05, 4.69) is 15.5 Å². The van der Waals surface area contributed by atoms with Gasteiger partial charge in [-0.1, -0.05) is 65.3 Å². The first kappa shape index (κ1) is 21.6. The van der Waals surface area contributed by atoms with Crippen LogP contribution in [0.5, 0.6) is 0 Å². The van der Waals surface area contributed by atoms with Gasteiger partial charge in [-0.3, -0.25) is 4.79 Å². The summed E-state index contributed by atoms with van der Waals surface area (Å²) in [6, 6.07) is 19.0. The molecular formula is C23H16Cl2FN3OS. The Labute approximate surface area is 192 Å². The maximum atomic E-state index is 13.3. The van der Waals surface area contributed by atoms with Crippen LogP contribution in [0, 0.1) is 5.82 Å². The molecule has 0 spiro atoms. The summed E-state index contributed by atoms with van der Waals surface area (Å²) in [6.07, 6.45) is 0. The molecule has 0 aliphatic heterocycles. The van der Waals surface area contributed by atoms with Gasteiger partial charge in [0, 0.05) is 32.9 Å². The number of amides is 1. The molecule has 1 N–H and O–H groups in total. The summed E-state index contributed by atoms with van der Waals surface area (Å²) in [5.74, 6) is -0.275. The average Bonchev–Trinajstić information content (AvgIpc) is 2.77. The van der Waals surface area contributed by atoms with Crippen molar-refractivity contribution in [1.82, 2.24) is 15.5 Å². The van der Waals surface area contributed by atoms with Gasteiger partial charge in [0.05, 0.1) is 5.75 Å². The SMILES string of the molecule is O=C(CSc1nnc(-c2ccc(F)cc2)c2ccccc12)NCc1ccc(Cl)cc1Cl. The lowest BCUT2D eigenvalue weighted by Gasteiger charge is -2.10. The molecule has 0 radical (unpaired) electrons. The third kappa shape index (κ3) is 5.15. The highest BCUT2D eigenvalue weighted by Gasteiger charge is 2.13. The number of nitrogens with zero attached hydrogens (tertiary/aromatic N) is 2. The van der Waals surface area contributed by atoms with E-state index in [1.807, 2.05) is 24.3 Å². The second-order valence-electron chi connectivity index (χ2n) is 6.71. The number of carbonyl (C=O) groups is 1. The van der Waals surface area contributed by atoms with Gasteiger partial charge in [0.15, 0.2) is 0 Å². The number of fused-ring (bicyclic) bond motifs is 1. The zero-order valence-corrected chi connectivity index (χ0v) is 18.4. The largest absolute Gasteiger partial charge is 0.351 e. The first-order valence-electron chi connectivity index (χ1n) is 9.36. The van der Waals surface area contributed by atoms with E-state index >= 15 is 0 Å². The van der Waals surface area contributed by atoms with Crippen LogP contribution < -0.4 is 5.32 Å². The lowest BCUT2D eigenvalue weighted by molar-refractivity contribution is -0.118. The number of hydrogen-bond acceptors (Lipinski definition) is 4. The third-order valence-electron chi connectivity index (χ3n) is 4.60. The van der Waals surface area contributed by atoms with Crippen LogP contribution in [0.2, 0.25) is 10.0 Å². The lowest BCUT2D eigenvalue weighted by Crippen LogP contribution is -2.24. The number of aromatic nitrogens is 2. The summed E-state index contributed by atoms with van der Waals surface area (Å²) in [5.41, 5.74) is 2.24. The van der Waals surface area contributed by atoms with Crippen LogP contribution in [0.3, 0.4) is 0 Å². The zero-order valence-electron chi connectivity index (χ0n) is 16.1. The van der Waals surface area contributed by atoms with E-state index in [-0.39, 0.29) is 17.5 Å². The van der Waals surface area contributed by atoms with Crippen molar-refractivity contribution in [2.45, 2.75) is 11.6 Å². The van der Waals surface area contributed by atoms with E-state index in [4.69, 9.17) is 23.2 Å². The Bertz CT molecular complexity index is 1250. The molecule has 0 unspecified atom stereocenters. The van der Waals surface area contributed by atoms with Gasteiger partial charge in [-0.05, 0) is 42.0 Å². The fourth-order valence-corrected chi connectivity index (χ4v) is 4.33. The number of halogens is 3. The molecule has 156 valence electrons. The van der Waals surface area contributed by atoms with Gasteiger partial charge in [-0.2, -0.15) is 0 Å². The summed E-state index contributed by atoms with van der Waals surface area (Å²) >= 11 is 13.3. The standard InChI is InChI=1S/C23H16Cl2FN3OS/c24-16-8-5-15(20(25)11-16)12-27-21(30)13-31-23-19-4-2-1-3-18(19)22(28-29-23)14-6-9-17(26)10-7-14/h1-11H,12-13H2,(H,27,30). The van der Waals surface area contributed by atoms with Crippen LogP contribution in [0.25, 0.3) is 22.0 Å². The van der Waals surface area contributed by atoms with Gasteiger partial charge in [-0.15, -0.1) is 10.2 Å². The molecule has 0 saturated heterocycles. The lowest BCUT2D eigenvalue weighted by atomic mass is 10.1. The van der Waals surface area contributed by atoms with Crippen molar-refractivity contribution in [2.75, 3.05) is 5.75 Å². The van der Waals surface area contributed by atoms with Crippen molar-refractivity contribution in [3.63, 3.8) is 0 Å². The first-order valence-corrected chi connectivity index (χ1v) is 11.1. The minimum Gasteiger partial charge on any atom is -0.351 e. The van der Waals surface area contributed by atoms with E-state index in [0.29, 0.717) is 27.3 Å². The van der Waals surface area contributed by atoms with Gasteiger partial charge in [0.1, 0.15) is 16.5 Å². The second kappa shape index (κ2) is 9.64. The fourth-order valence-electron chi connectivity index (χ4n) is 3.05. The molecule has 31 heavy (non-hydrogen) atoms. The molecule has 0 atom stereocenters. The van der Waals surface area contributed by atoms with Gasteiger partial charge in [-0.25, -0.2) is 4.39 Å². The molecule has 1 aromatic heterocycles. The Hall–Kier alpha value is -2.67. The predicted octanol–water partition coefficient (Wildman–Crippen LogP) is 6.15. The van der Waals surface area contributed by atoms with Crippen molar-refractivity contribution >= 4 is 51.6 Å². The number of carbonyl (C=O) groups excluding carboxylic acids is 1. The van der Waals surface area contributed by atoms with E-state index in [1.54, 1.807) is 30.3 Å². The molecule has 1 amide bonds. The summed E-state index contributed by atoms with van der Waals surface area (Å²) in [4.78, 5) is 12.3. The van der Waals surface area contributed by atoms with Crippen LogP contribution >= 0.6 is 35.0 Å². The number of benzene rings is 3. The van der Waals surface area contributed by atoms with E-state index < -0.39 is 0 Å². The van der Waals surface area contributed by atoms with E-state index in [9.17, 15) is 9.18 Å². The molecule has 0 bridgehead atoms. The number of thioether (sulfide) groups is 1. The summed E-state index contributed by atoms with van der Waals surface area (Å²) < 4.78 is 13.3. The van der Waals surface area contributed by atoms with Gasteiger partial charge < -0.3 is 5.32 Å². The third-order valence-corrected chi connectivity index (χ3v) is 6.17. The molecule has 4 aromatic rings. The maximum Gasteiger partial charge on any atom is 0.230 e. The minimum atomic E-state index is -0.306. The van der Waals surface area contributed by atoms with Crippen LogP contribution in [0.15, 0.2) is 71.8 Å². The fraction of sp³-hybridized carbons (Fsp3) is 0.0870. The van der Waals surface area contributed by atoms with Crippen molar-refractivity contribution in [3.05, 3.63) is 88.2 Å². The highest BCUT2D eigenvalue weighted by Crippen LogP contribution is 2.31. The molecular weight excluding hydrogens is 456 g/mol. The highest BCUT2D eigenvalue weighted by molar-refractivity contribution is 8.00. The van der Waals surface area contributed by atoms with Crippen molar-refractivity contribution < 1.29 is 9.18 Å². The molecule has 4 nitrogen and oxygen atoms in total. The smallest absolute Gasteiger partial charge is 0.230 e. The molecule has 8 heteroatoms. The van der Waals surface area contributed by atoms with Gasteiger partial charge >= 0.3 is 0 Å². The monoisotopic (exact) mass is 471 g/mol. The average molecular weight is 472 g/mol. The molecule has 3 aromatic carbocycles. The quantitative estimate of drug-likeness (QED) is 0.342. The van der Waals surface area contributed by atoms with Crippen LogP contribution in [0.4, 0.5) is 4.39 Å². The number of rotatable bonds is 6. The Morgan fingerprint density at radius 2 is 1.71 bits per heavy atom. The van der Waals surface area contributed by atoms with Crippen molar-refractivity contribution in [1.29, 1.82) is 0 Å². The van der Waals surface area contributed by atoms with Crippen LogP contribution in [0.1, 0.15) is 5.56 Å². The van der Waals surface area contributed by atoms with Gasteiger partial charge in [0.2, 0.25) is 5.91 Å². The first-order chi connectivity index (χ1) is 15.0. The van der Waals surface area contributed by atoms with Crippen LogP contribution in [-0.4, -0.2) is 21.9 Å². The number of hydrogen-bond donors (Lipinski definition) is 1. The number of nitrogens with one attached hydrogen (secondary N) is 1. The van der Waals surface area contributed by atoms with Crippen LogP contribution in [-0.2, 0) is 11.3 Å².